The third-order valence-electron chi connectivity index (χ3n) is 5.35. The molecule has 1 unspecified atom stereocenters. The van der Waals surface area contributed by atoms with Crippen molar-refractivity contribution in [3.63, 3.8) is 0 Å². The molecule has 0 aromatic heterocycles. The van der Waals surface area contributed by atoms with Gasteiger partial charge in [-0.1, -0.05) is 20.3 Å². The minimum atomic E-state index is 0.355. The zero-order valence-corrected chi connectivity index (χ0v) is 13.9. The molecule has 1 N–H and O–H groups in total. The highest BCUT2D eigenvalue weighted by Gasteiger charge is 2.31. The van der Waals surface area contributed by atoms with Crippen LogP contribution >= 0.6 is 9.24 Å². The molecular formula is C16H32NOP. The maximum Gasteiger partial charge on any atom is 0.0586 e. The molecule has 0 bridgehead atoms. The van der Waals surface area contributed by atoms with Crippen molar-refractivity contribution in [1.29, 1.82) is 0 Å². The lowest BCUT2D eigenvalue weighted by Gasteiger charge is -2.41. The summed E-state index contributed by atoms with van der Waals surface area (Å²) in [5, 5.41) is 9.90. The molecule has 0 aromatic rings. The fourth-order valence-corrected chi connectivity index (χ4v) is 4.26. The van der Waals surface area contributed by atoms with Crippen LogP contribution in [0, 0.1) is 11.8 Å². The number of aliphatic hydroxyl groups excluding tert-OH is 1. The van der Waals surface area contributed by atoms with E-state index in [2.05, 4.69) is 28.0 Å². The van der Waals surface area contributed by atoms with E-state index in [1.54, 1.807) is 0 Å². The summed E-state index contributed by atoms with van der Waals surface area (Å²) in [7, 11) is 3.03. The van der Waals surface area contributed by atoms with Crippen LogP contribution < -0.4 is 0 Å². The molecule has 1 aliphatic carbocycles. The molecule has 1 saturated heterocycles. The summed E-state index contributed by atoms with van der Waals surface area (Å²) in [6.07, 6.45) is 9.37. The van der Waals surface area contributed by atoms with Crippen LogP contribution in [-0.4, -0.2) is 40.9 Å². The van der Waals surface area contributed by atoms with Gasteiger partial charge in [-0.25, -0.2) is 0 Å². The Bertz CT molecular complexity index is 268. The molecule has 1 saturated carbocycles. The van der Waals surface area contributed by atoms with Gasteiger partial charge in [-0.05, 0) is 62.1 Å². The van der Waals surface area contributed by atoms with Gasteiger partial charge in [0, 0.05) is 12.6 Å². The molecule has 0 spiro atoms. The average Bonchev–Trinajstić information content (AvgIpc) is 2.39. The summed E-state index contributed by atoms with van der Waals surface area (Å²) >= 11 is 0. The summed E-state index contributed by atoms with van der Waals surface area (Å²) < 4.78 is 0. The Morgan fingerprint density at radius 2 is 1.79 bits per heavy atom. The van der Waals surface area contributed by atoms with E-state index in [0.29, 0.717) is 17.8 Å². The van der Waals surface area contributed by atoms with Crippen molar-refractivity contribution in [2.45, 2.75) is 70.0 Å². The fraction of sp³-hybridized carbons (Fsp3) is 1.00. The van der Waals surface area contributed by atoms with Gasteiger partial charge in [-0.15, -0.1) is 9.24 Å². The van der Waals surface area contributed by atoms with E-state index in [1.807, 2.05) is 0 Å². The predicted molar refractivity (Wildman–Crippen MR) is 85.5 cm³/mol. The van der Waals surface area contributed by atoms with Crippen LogP contribution in [0.1, 0.15) is 58.8 Å². The van der Waals surface area contributed by atoms with Crippen molar-refractivity contribution in [1.82, 2.24) is 4.90 Å². The molecule has 0 aromatic carbocycles. The van der Waals surface area contributed by atoms with Gasteiger partial charge < -0.3 is 5.11 Å². The molecule has 0 amide bonds. The van der Waals surface area contributed by atoms with Crippen LogP contribution in [0.3, 0.4) is 0 Å². The third-order valence-corrected chi connectivity index (χ3v) is 5.82. The molecular weight excluding hydrogens is 253 g/mol. The lowest BCUT2D eigenvalue weighted by atomic mass is 9.76. The van der Waals surface area contributed by atoms with Crippen LogP contribution in [0.15, 0.2) is 0 Å². The van der Waals surface area contributed by atoms with Crippen LogP contribution in [0.5, 0.6) is 0 Å². The molecule has 112 valence electrons. The van der Waals surface area contributed by atoms with Crippen molar-refractivity contribution in [2.24, 2.45) is 11.8 Å². The Kier molecular flexibility index (Phi) is 5.69. The van der Waals surface area contributed by atoms with Gasteiger partial charge in [0.05, 0.1) is 6.61 Å². The highest BCUT2D eigenvalue weighted by molar-refractivity contribution is 7.18. The molecule has 1 aliphatic heterocycles. The van der Waals surface area contributed by atoms with E-state index in [-0.39, 0.29) is 0 Å². The molecule has 2 aliphatic rings. The van der Waals surface area contributed by atoms with Crippen molar-refractivity contribution in [2.75, 3.05) is 19.7 Å². The summed E-state index contributed by atoms with van der Waals surface area (Å²) in [6.45, 7) is 7.51. The zero-order valence-electron chi connectivity index (χ0n) is 12.8. The van der Waals surface area contributed by atoms with Crippen LogP contribution in [-0.2, 0) is 0 Å². The number of likely N-dealkylation sites (tertiary alicyclic amines) is 1. The largest absolute Gasteiger partial charge is 0.395 e. The highest BCUT2D eigenvalue weighted by Crippen LogP contribution is 2.40. The topological polar surface area (TPSA) is 23.5 Å². The second-order valence-corrected chi connectivity index (χ2v) is 8.85. The molecule has 2 nitrogen and oxygen atoms in total. The molecule has 2 fully saturated rings. The molecule has 2 atom stereocenters. The number of hydrogen-bond acceptors (Lipinski definition) is 2. The van der Waals surface area contributed by atoms with Gasteiger partial charge in [-0.2, -0.15) is 0 Å². The number of rotatable bonds is 4. The standard InChI is InChI=1S/C16H32NOP/c1-16(2,19)14-8-6-13(7-9-14)11-17-10-4-3-5-15(17)12-18/h13-15,18H,3-12,19H2,1-2H3/t13-,14-,15-/m0/s1. The van der Waals surface area contributed by atoms with Crippen molar-refractivity contribution in [3.05, 3.63) is 0 Å². The third kappa shape index (κ3) is 4.41. The van der Waals surface area contributed by atoms with E-state index in [9.17, 15) is 5.11 Å². The minimum Gasteiger partial charge on any atom is -0.395 e. The number of nitrogens with zero attached hydrogens (tertiary/aromatic N) is 1. The van der Waals surface area contributed by atoms with E-state index in [1.165, 1.54) is 58.0 Å². The molecule has 2 rings (SSSR count). The zero-order chi connectivity index (χ0) is 13.9. The van der Waals surface area contributed by atoms with Gasteiger partial charge in [0.25, 0.3) is 0 Å². The second kappa shape index (κ2) is 6.87. The summed E-state index contributed by atoms with van der Waals surface area (Å²) in [5.74, 6) is 1.75. The normalized spacial score (nSPS) is 34.4. The van der Waals surface area contributed by atoms with Crippen LogP contribution in [0.4, 0.5) is 0 Å². The second-order valence-electron chi connectivity index (χ2n) is 7.37. The Morgan fingerprint density at radius 3 is 2.37 bits per heavy atom. The van der Waals surface area contributed by atoms with Gasteiger partial charge in [0.15, 0.2) is 0 Å². The van der Waals surface area contributed by atoms with Gasteiger partial charge >= 0.3 is 0 Å². The highest BCUT2D eigenvalue weighted by atomic mass is 31.0. The number of piperidine rings is 1. The van der Waals surface area contributed by atoms with Crippen molar-refractivity contribution >= 4 is 9.24 Å². The first-order valence-electron chi connectivity index (χ1n) is 8.14. The molecule has 3 heteroatoms. The summed E-state index contributed by atoms with van der Waals surface area (Å²) in [5.41, 5.74) is 0. The lowest BCUT2D eigenvalue weighted by Crippen LogP contribution is -2.45. The summed E-state index contributed by atoms with van der Waals surface area (Å²) in [4.78, 5) is 2.57. The average molecular weight is 285 g/mol. The Hall–Kier alpha value is 0.350. The number of aliphatic hydroxyl groups is 1. The quantitative estimate of drug-likeness (QED) is 0.801. The first-order chi connectivity index (χ1) is 9.00. The SMILES string of the molecule is CC(C)(P)[C@H]1CC[C@H](CN2CCCC[C@H]2CO)CC1. The first kappa shape index (κ1) is 15.7. The van der Waals surface area contributed by atoms with E-state index < -0.39 is 0 Å². The fourth-order valence-electron chi connectivity index (χ4n) is 3.93. The van der Waals surface area contributed by atoms with E-state index in [4.69, 9.17) is 0 Å². The van der Waals surface area contributed by atoms with Crippen LogP contribution in [0.25, 0.3) is 0 Å². The molecule has 19 heavy (non-hydrogen) atoms. The first-order valence-corrected chi connectivity index (χ1v) is 8.72. The smallest absolute Gasteiger partial charge is 0.0586 e. The summed E-state index contributed by atoms with van der Waals surface area (Å²) in [6, 6.07) is 0.449. The van der Waals surface area contributed by atoms with Gasteiger partial charge in [0.1, 0.15) is 0 Å². The Labute approximate surface area is 121 Å². The Morgan fingerprint density at radius 1 is 1.11 bits per heavy atom. The predicted octanol–water partition coefficient (Wildman–Crippen LogP) is 3.29. The maximum atomic E-state index is 9.50. The number of hydrogen-bond donors (Lipinski definition) is 1. The van der Waals surface area contributed by atoms with Gasteiger partial charge in [0.2, 0.25) is 0 Å². The van der Waals surface area contributed by atoms with Crippen molar-refractivity contribution in [3.8, 4) is 0 Å². The van der Waals surface area contributed by atoms with Crippen molar-refractivity contribution < 1.29 is 5.11 Å². The van der Waals surface area contributed by atoms with Crippen LogP contribution in [0.2, 0.25) is 0 Å². The lowest BCUT2D eigenvalue weighted by molar-refractivity contribution is 0.0648. The van der Waals surface area contributed by atoms with Gasteiger partial charge in [-0.3, -0.25) is 4.90 Å². The minimum absolute atomic E-state index is 0.355. The monoisotopic (exact) mass is 285 g/mol. The Balaban J connectivity index is 1.78. The van der Waals surface area contributed by atoms with E-state index in [0.717, 1.165) is 11.8 Å². The van der Waals surface area contributed by atoms with E-state index >= 15 is 0 Å². The molecule has 1 heterocycles. The molecule has 0 radical (unpaired) electrons. The maximum absolute atomic E-state index is 9.50.